The molecule has 78 valence electrons. The molecule has 0 spiro atoms. The zero-order valence-electron chi connectivity index (χ0n) is 9.62. The minimum atomic E-state index is 0.635. The van der Waals surface area contributed by atoms with Crippen LogP contribution < -0.4 is 5.73 Å². The van der Waals surface area contributed by atoms with Crippen LogP contribution in [0.1, 0.15) is 39.2 Å². The first-order chi connectivity index (χ1) is 6.52. The van der Waals surface area contributed by atoms with Gasteiger partial charge >= 0.3 is 0 Å². The van der Waals surface area contributed by atoms with Crippen LogP contribution in [0.25, 0.3) is 0 Å². The molecule has 0 heterocycles. The van der Waals surface area contributed by atoms with Gasteiger partial charge < -0.3 is 5.73 Å². The third kappa shape index (κ3) is 2.50. The maximum absolute atomic E-state index is 5.68. The summed E-state index contributed by atoms with van der Waals surface area (Å²) < 4.78 is 0. The van der Waals surface area contributed by atoms with E-state index in [1.54, 1.807) is 0 Å². The molecule has 0 saturated carbocycles. The summed E-state index contributed by atoms with van der Waals surface area (Å²) in [6.45, 7) is 9.12. The molecule has 0 amide bonds. The Kier molecular flexibility index (Phi) is 3.56. The van der Waals surface area contributed by atoms with Crippen LogP contribution >= 0.6 is 0 Å². The normalized spacial score (nSPS) is 11.6. The second kappa shape index (κ2) is 4.50. The average Bonchev–Trinajstić information content (AvgIpc) is 2.07. The molecular formula is C13H21N. The minimum absolute atomic E-state index is 0.635. The van der Waals surface area contributed by atoms with E-state index in [0.29, 0.717) is 17.8 Å². The van der Waals surface area contributed by atoms with E-state index in [9.17, 15) is 0 Å². The van der Waals surface area contributed by atoms with Crippen molar-refractivity contribution >= 4 is 5.69 Å². The molecule has 0 atom stereocenters. The van der Waals surface area contributed by atoms with Gasteiger partial charge in [-0.15, -0.1) is 0 Å². The molecule has 0 fully saturated rings. The van der Waals surface area contributed by atoms with Crippen LogP contribution in [-0.4, -0.2) is 0 Å². The van der Waals surface area contributed by atoms with Crippen molar-refractivity contribution in [2.45, 2.75) is 33.6 Å². The summed E-state index contributed by atoms with van der Waals surface area (Å²) in [5.74, 6) is 1.99. The summed E-state index contributed by atoms with van der Waals surface area (Å²) in [7, 11) is 0. The molecule has 1 heteroatoms. The molecule has 0 saturated heterocycles. The van der Waals surface area contributed by atoms with Crippen LogP contribution in [0.2, 0.25) is 0 Å². The van der Waals surface area contributed by atoms with Gasteiger partial charge in [0.25, 0.3) is 0 Å². The summed E-state index contributed by atoms with van der Waals surface area (Å²) in [4.78, 5) is 0. The topological polar surface area (TPSA) is 26.0 Å². The van der Waals surface area contributed by atoms with Gasteiger partial charge in [0, 0.05) is 5.69 Å². The van der Waals surface area contributed by atoms with Crippen molar-refractivity contribution in [1.29, 1.82) is 0 Å². The molecule has 1 nitrogen and oxygen atoms in total. The van der Waals surface area contributed by atoms with Gasteiger partial charge in [-0.1, -0.05) is 39.8 Å². The second-order valence-corrected chi connectivity index (χ2v) is 4.68. The predicted molar refractivity (Wildman–Crippen MR) is 63.3 cm³/mol. The molecule has 0 aliphatic carbocycles. The van der Waals surface area contributed by atoms with Crippen molar-refractivity contribution in [2.24, 2.45) is 11.8 Å². The monoisotopic (exact) mass is 191 g/mol. The van der Waals surface area contributed by atoms with Crippen molar-refractivity contribution in [3.8, 4) is 0 Å². The fraction of sp³-hybridized carbons (Fsp3) is 0.538. The largest absolute Gasteiger partial charge is 0.399 e. The van der Waals surface area contributed by atoms with Crippen LogP contribution in [0.15, 0.2) is 24.3 Å². The Balaban J connectivity index is 2.94. The van der Waals surface area contributed by atoms with Crippen molar-refractivity contribution < 1.29 is 0 Å². The highest BCUT2D eigenvalue weighted by atomic mass is 14.5. The summed E-state index contributed by atoms with van der Waals surface area (Å²) in [6, 6.07) is 8.29. The highest BCUT2D eigenvalue weighted by Gasteiger charge is 2.18. The first-order valence-electron chi connectivity index (χ1n) is 5.37. The molecule has 0 aliphatic heterocycles. The van der Waals surface area contributed by atoms with Gasteiger partial charge in [0.15, 0.2) is 0 Å². The van der Waals surface area contributed by atoms with Gasteiger partial charge in [0.1, 0.15) is 0 Å². The Morgan fingerprint density at radius 2 is 1.29 bits per heavy atom. The highest BCUT2D eigenvalue weighted by molar-refractivity contribution is 5.40. The first-order valence-corrected chi connectivity index (χ1v) is 5.37. The van der Waals surface area contributed by atoms with E-state index in [2.05, 4.69) is 39.8 Å². The molecule has 1 aromatic rings. The molecule has 14 heavy (non-hydrogen) atoms. The van der Waals surface area contributed by atoms with Crippen molar-refractivity contribution in [1.82, 2.24) is 0 Å². The van der Waals surface area contributed by atoms with Crippen LogP contribution in [0, 0.1) is 11.8 Å². The van der Waals surface area contributed by atoms with Gasteiger partial charge in [-0.2, -0.15) is 0 Å². The SMILES string of the molecule is CC(C)C(c1ccc(N)cc1)C(C)C. The molecule has 0 radical (unpaired) electrons. The minimum Gasteiger partial charge on any atom is -0.399 e. The lowest BCUT2D eigenvalue weighted by atomic mass is 9.80. The van der Waals surface area contributed by atoms with E-state index < -0.39 is 0 Å². The van der Waals surface area contributed by atoms with E-state index in [0.717, 1.165) is 5.69 Å². The smallest absolute Gasteiger partial charge is 0.0314 e. The molecule has 0 unspecified atom stereocenters. The summed E-state index contributed by atoms with van der Waals surface area (Å²) in [5.41, 5.74) is 7.93. The fourth-order valence-corrected chi connectivity index (χ4v) is 2.26. The molecule has 1 rings (SSSR count). The van der Waals surface area contributed by atoms with Gasteiger partial charge in [0.05, 0.1) is 0 Å². The van der Waals surface area contributed by atoms with E-state index in [4.69, 9.17) is 5.73 Å². The lowest BCUT2D eigenvalue weighted by Gasteiger charge is -2.25. The third-order valence-corrected chi connectivity index (χ3v) is 2.76. The molecule has 2 N–H and O–H groups in total. The number of anilines is 1. The van der Waals surface area contributed by atoms with Crippen LogP contribution in [-0.2, 0) is 0 Å². The number of nitrogen functional groups attached to an aromatic ring is 1. The van der Waals surface area contributed by atoms with Crippen molar-refractivity contribution in [3.05, 3.63) is 29.8 Å². The zero-order chi connectivity index (χ0) is 10.7. The quantitative estimate of drug-likeness (QED) is 0.725. The Bertz CT molecular complexity index is 264. The maximum atomic E-state index is 5.68. The predicted octanol–water partition coefficient (Wildman–Crippen LogP) is 3.66. The number of hydrogen-bond acceptors (Lipinski definition) is 1. The Morgan fingerprint density at radius 1 is 0.857 bits per heavy atom. The third-order valence-electron chi connectivity index (χ3n) is 2.76. The van der Waals surface area contributed by atoms with Crippen LogP contribution in [0.5, 0.6) is 0 Å². The summed E-state index contributed by atoms with van der Waals surface area (Å²) in [5, 5.41) is 0. The lowest BCUT2D eigenvalue weighted by Crippen LogP contribution is -2.13. The Hall–Kier alpha value is -0.980. The molecule has 1 aromatic carbocycles. The van der Waals surface area contributed by atoms with E-state index in [-0.39, 0.29) is 0 Å². The molecule has 0 aliphatic rings. The zero-order valence-corrected chi connectivity index (χ0v) is 9.62. The van der Waals surface area contributed by atoms with Crippen LogP contribution in [0.4, 0.5) is 5.69 Å². The Morgan fingerprint density at radius 3 is 1.64 bits per heavy atom. The summed E-state index contributed by atoms with van der Waals surface area (Å²) >= 11 is 0. The number of benzene rings is 1. The number of rotatable bonds is 3. The van der Waals surface area contributed by atoms with E-state index >= 15 is 0 Å². The fourth-order valence-electron chi connectivity index (χ4n) is 2.26. The standard InChI is InChI=1S/C13H21N/c1-9(2)13(10(3)4)11-5-7-12(14)8-6-11/h5-10,13H,14H2,1-4H3. The van der Waals surface area contributed by atoms with Gasteiger partial charge in [-0.3, -0.25) is 0 Å². The van der Waals surface area contributed by atoms with E-state index in [1.165, 1.54) is 5.56 Å². The first kappa shape index (κ1) is 11.1. The maximum Gasteiger partial charge on any atom is 0.0314 e. The van der Waals surface area contributed by atoms with Crippen LogP contribution in [0.3, 0.4) is 0 Å². The lowest BCUT2D eigenvalue weighted by molar-refractivity contribution is 0.388. The van der Waals surface area contributed by atoms with Gasteiger partial charge in [0.2, 0.25) is 0 Å². The highest BCUT2D eigenvalue weighted by Crippen LogP contribution is 2.31. The van der Waals surface area contributed by atoms with Gasteiger partial charge in [-0.25, -0.2) is 0 Å². The second-order valence-electron chi connectivity index (χ2n) is 4.68. The van der Waals surface area contributed by atoms with Gasteiger partial charge in [-0.05, 0) is 35.4 Å². The Labute approximate surface area is 87.3 Å². The van der Waals surface area contributed by atoms with E-state index in [1.807, 2.05) is 12.1 Å². The average molecular weight is 191 g/mol. The molecule has 0 aromatic heterocycles. The molecule has 0 bridgehead atoms. The van der Waals surface area contributed by atoms with Crippen molar-refractivity contribution in [2.75, 3.05) is 5.73 Å². The summed E-state index contributed by atoms with van der Waals surface area (Å²) in [6.07, 6.45) is 0. The number of hydrogen-bond donors (Lipinski definition) is 1. The van der Waals surface area contributed by atoms with Crippen molar-refractivity contribution in [3.63, 3.8) is 0 Å². The number of nitrogens with two attached hydrogens (primary N) is 1. The molecular weight excluding hydrogens is 170 g/mol.